The molecule has 2 aromatic carbocycles. The SMILES string of the molecule is N#Cc1c(I)c(I)c(C(=O)SSC(=O)c2c(I)c(I)c(C#N)c(I)c2I)c(I)c1I. The lowest BCUT2D eigenvalue weighted by Gasteiger charge is -2.13. The molecule has 0 aliphatic carbocycles. The summed E-state index contributed by atoms with van der Waals surface area (Å²) in [6.07, 6.45) is 0. The lowest BCUT2D eigenvalue weighted by molar-refractivity contribution is 0.107. The molecule has 0 radical (unpaired) electrons. The molecule has 0 aromatic heterocycles. The van der Waals surface area contributed by atoms with Crippen LogP contribution in [0.25, 0.3) is 0 Å². The summed E-state index contributed by atoms with van der Waals surface area (Å²) in [6, 6.07) is 4.37. The third-order valence-electron chi connectivity index (χ3n) is 3.35. The molecule has 0 atom stereocenters. The van der Waals surface area contributed by atoms with Gasteiger partial charge in [-0.05, 0) is 202 Å². The molecule has 0 spiro atoms. The van der Waals surface area contributed by atoms with E-state index in [0.29, 0.717) is 36.5 Å². The topological polar surface area (TPSA) is 81.7 Å². The zero-order valence-corrected chi connectivity index (χ0v) is 32.4. The van der Waals surface area contributed by atoms with Crippen molar-refractivity contribution in [3.63, 3.8) is 0 Å². The van der Waals surface area contributed by atoms with Gasteiger partial charge in [0.15, 0.2) is 0 Å². The van der Waals surface area contributed by atoms with Gasteiger partial charge in [-0.15, -0.1) is 0 Å². The molecule has 2 aromatic rings. The normalized spacial score (nSPS) is 10.5. The lowest BCUT2D eigenvalue weighted by Crippen LogP contribution is -2.09. The van der Waals surface area contributed by atoms with E-state index in [-0.39, 0.29) is 10.2 Å². The molecule has 0 bridgehead atoms. The van der Waals surface area contributed by atoms with Gasteiger partial charge >= 0.3 is 0 Å². The van der Waals surface area contributed by atoms with Crippen molar-refractivity contribution in [3.05, 3.63) is 50.8 Å². The first-order valence-electron chi connectivity index (χ1n) is 6.94. The number of benzene rings is 2. The van der Waals surface area contributed by atoms with Crippen molar-refractivity contribution in [1.29, 1.82) is 10.5 Å². The summed E-state index contributed by atoms with van der Waals surface area (Å²) in [5.41, 5.74) is 2.15. The Morgan fingerprint density at radius 2 is 0.767 bits per heavy atom. The summed E-state index contributed by atoms with van der Waals surface area (Å²) >= 11 is 16.6. The van der Waals surface area contributed by atoms with Gasteiger partial charge in [-0.25, -0.2) is 0 Å². The monoisotopic (exact) mass is 1330 g/mol. The van der Waals surface area contributed by atoms with E-state index in [9.17, 15) is 20.1 Å². The molecule has 0 aliphatic rings. The van der Waals surface area contributed by atoms with Crippen LogP contribution in [-0.2, 0) is 0 Å². The van der Waals surface area contributed by atoms with Gasteiger partial charge in [0.1, 0.15) is 12.1 Å². The van der Waals surface area contributed by atoms with Crippen LogP contribution in [0.5, 0.6) is 0 Å². The van der Waals surface area contributed by atoms with E-state index < -0.39 is 0 Å². The molecule has 0 N–H and O–H groups in total. The molecule has 2 rings (SSSR count). The maximum absolute atomic E-state index is 13.0. The molecule has 0 aliphatic heterocycles. The highest BCUT2D eigenvalue weighted by Crippen LogP contribution is 2.40. The van der Waals surface area contributed by atoms with E-state index in [1.165, 1.54) is 0 Å². The van der Waals surface area contributed by atoms with Gasteiger partial charge in [0.05, 0.1) is 22.3 Å². The molecular formula is C16I8N2O2S2. The summed E-state index contributed by atoms with van der Waals surface area (Å²) in [5, 5.41) is 18.3. The highest BCUT2D eigenvalue weighted by atomic mass is 127. The summed E-state index contributed by atoms with van der Waals surface area (Å²) < 4.78 is 5.81. The van der Waals surface area contributed by atoms with E-state index in [1.807, 2.05) is 0 Å². The van der Waals surface area contributed by atoms with Gasteiger partial charge in [-0.2, -0.15) is 10.5 Å². The molecule has 0 saturated carbocycles. The van der Waals surface area contributed by atoms with Gasteiger partial charge in [-0.1, -0.05) is 0 Å². The predicted molar refractivity (Wildman–Crippen MR) is 188 cm³/mol. The van der Waals surface area contributed by atoms with Crippen LogP contribution < -0.4 is 0 Å². The summed E-state index contributed by atoms with van der Waals surface area (Å²) in [7, 11) is 1.77. The van der Waals surface area contributed by atoms with E-state index in [4.69, 9.17) is 0 Å². The minimum atomic E-state index is -0.231. The Labute approximate surface area is 289 Å². The predicted octanol–water partition coefficient (Wildman–Crippen LogP) is 8.63. The average Bonchev–Trinajstić information content (AvgIpc) is 2.70. The standard InChI is InChI=1S/C16I8N2O2S2/c17-7-3(1-25)8(18)12(22)5(11(7)21)15(27)29-30-16(28)6-13(23)9(19)4(2-26)10(20)14(6)24. The van der Waals surface area contributed by atoms with E-state index >= 15 is 0 Å². The highest BCUT2D eigenvalue weighted by molar-refractivity contribution is 14.1. The Morgan fingerprint density at radius 3 is 0.967 bits per heavy atom. The number of halogens is 8. The molecule has 30 heavy (non-hydrogen) atoms. The fourth-order valence-corrected chi connectivity index (χ4v) is 12.2. The second-order valence-corrected chi connectivity index (χ2v) is 15.7. The summed E-state index contributed by atoms with van der Waals surface area (Å²) in [6.45, 7) is 0. The van der Waals surface area contributed by atoms with Crippen molar-refractivity contribution in [3.8, 4) is 12.1 Å². The van der Waals surface area contributed by atoms with Crippen molar-refractivity contribution < 1.29 is 9.59 Å². The van der Waals surface area contributed by atoms with Crippen LogP contribution in [0.1, 0.15) is 31.8 Å². The maximum atomic E-state index is 13.0. The van der Waals surface area contributed by atoms with Crippen LogP contribution in [0.2, 0.25) is 0 Å². The minimum Gasteiger partial charge on any atom is -0.281 e. The minimum absolute atomic E-state index is 0.231. The second-order valence-electron chi connectivity index (χ2n) is 4.98. The Morgan fingerprint density at radius 1 is 0.533 bits per heavy atom. The zero-order chi connectivity index (χ0) is 22.9. The van der Waals surface area contributed by atoms with Crippen LogP contribution in [0.4, 0.5) is 0 Å². The van der Waals surface area contributed by atoms with Gasteiger partial charge in [-0.3, -0.25) is 9.59 Å². The first-order chi connectivity index (χ1) is 14.0. The third kappa shape index (κ3) is 6.16. The molecule has 0 saturated heterocycles. The van der Waals surface area contributed by atoms with Crippen LogP contribution >= 0.6 is 202 Å². The summed E-state index contributed by atoms with van der Waals surface area (Å²) in [5.74, 6) is 0. The number of carbonyl (C=O) groups excluding carboxylic acids is 2. The van der Waals surface area contributed by atoms with Crippen molar-refractivity contribution >= 4 is 213 Å². The average molecular weight is 1330 g/mol. The first-order valence-corrected chi connectivity index (χ1v) is 17.7. The molecule has 154 valence electrons. The molecule has 0 fully saturated rings. The Hall–Kier alpha value is 3.30. The number of carbonyl (C=O) groups is 2. The number of hydrogen-bond donors (Lipinski definition) is 0. The van der Waals surface area contributed by atoms with Gasteiger partial charge in [0.25, 0.3) is 0 Å². The second kappa shape index (κ2) is 13.0. The highest BCUT2D eigenvalue weighted by Gasteiger charge is 2.27. The molecule has 4 nitrogen and oxygen atoms in total. The van der Waals surface area contributed by atoms with Gasteiger partial charge < -0.3 is 0 Å². The van der Waals surface area contributed by atoms with Crippen LogP contribution in [0.3, 0.4) is 0 Å². The Balaban J connectivity index is 2.39. The molecular weight excluding hydrogens is 1330 g/mol. The molecule has 14 heteroatoms. The quantitative estimate of drug-likeness (QED) is 0.170. The molecule has 0 unspecified atom stereocenters. The van der Waals surface area contributed by atoms with E-state index in [1.54, 1.807) is 0 Å². The lowest BCUT2D eigenvalue weighted by atomic mass is 10.2. The molecule has 0 heterocycles. The number of nitrogens with zero attached hydrogens (tertiary/aromatic N) is 2. The van der Waals surface area contributed by atoms with Crippen molar-refractivity contribution in [2.45, 2.75) is 0 Å². The van der Waals surface area contributed by atoms with E-state index in [2.05, 4.69) is 193 Å². The third-order valence-corrected chi connectivity index (χ3v) is 18.1. The number of rotatable bonds is 2. The number of hydrogen-bond acceptors (Lipinski definition) is 6. The van der Waals surface area contributed by atoms with E-state index in [0.717, 1.165) is 35.9 Å². The zero-order valence-electron chi connectivity index (χ0n) is 13.6. The first kappa shape index (κ1) is 29.5. The Kier molecular flexibility index (Phi) is 12.8. The van der Waals surface area contributed by atoms with Crippen LogP contribution in [0.15, 0.2) is 0 Å². The van der Waals surface area contributed by atoms with Crippen LogP contribution in [-0.4, -0.2) is 10.2 Å². The van der Waals surface area contributed by atoms with Crippen molar-refractivity contribution in [2.75, 3.05) is 0 Å². The number of nitriles is 2. The van der Waals surface area contributed by atoms with Gasteiger partial charge in [0.2, 0.25) is 10.2 Å². The fourth-order valence-electron chi connectivity index (χ4n) is 1.98. The smallest absolute Gasteiger partial charge is 0.232 e. The van der Waals surface area contributed by atoms with Crippen LogP contribution in [0, 0.1) is 51.2 Å². The molecule has 0 amide bonds. The summed E-state index contributed by atoms with van der Waals surface area (Å²) in [4.78, 5) is 25.9. The van der Waals surface area contributed by atoms with Crippen molar-refractivity contribution in [1.82, 2.24) is 0 Å². The Bertz CT molecular complexity index is 1050. The maximum Gasteiger partial charge on any atom is 0.232 e. The largest absolute Gasteiger partial charge is 0.281 e. The fraction of sp³-hybridized carbons (Fsp3) is 0. The van der Waals surface area contributed by atoms with Gasteiger partial charge in [0, 0.05) is 28.6 Å². The van der Waals surface area contributed by atoms with Crippen molar-refractivity contribution in [2.24, 2.45) is 0 Å².